The summed E-state index contributed by atoms with van der Waals surface area (Å²) in [6, 6.07) is 9.61. The summed E-state index contributed by atoms with van der Waals surface area (Å²) in [6.45, 7) is 5.76. The zero-order valence-electron chi connectivity index (χ0n) is 15.0. The molecule has 0 aliphatic carbocycles. The molecule has 1 aromatic heterocycles. The molecule has 0 saturated heterocycles. The molecular weight excluding hydrogens is 334 g/mol. The van der Waals surface area contributed by atoms with Crippen molar-refractivity contribution in [3.05, 3.63) is 58.9 Å². The molecule has 0 radical (unpaired) electrons. The van der Waals surface area contributed by atoms with Crippen molar-refractivity contribution in [2.24, 2.45) is 5.92 Å². The molecule has 3 nitrogen and oxygen atoms in total. The molecule has 0 N–H and O–H groups in total. The predicted octanol–water partition coefficient (Wildman–Crippen LogP) is 6.11. The molecule has 0 fully saturated rings. The van der Waals surface area contributed by atoms with Gasteiger partial charge in [0, 0.05) is 6.42 Å². The number of aryl methyl sites for hydroxylation is 1. The van der Waals surface area contributed by atoms with Crippen LogP contribution in [0, 0.1) is 5.92 Å². The monoisotopic (exact) mass is 357 g/mol. The molecule has 0 saturated carbocycles. The van der Waals surface area contributed by atoms with Crippen molar-refractivity contribution < 1.29 is 9.53 Å². The largest absolute Gasteiger partial charge is 0.454 e. The van der Waals surface area contributed by atoms with Crippen molar-refractivity contribution >= 4 is 23.5 Å². The molecule has 1 atom stereocenters. The highest BCUT2D eigenvalue weighted by Crippen LogP contribution is 2.30. The molecule has 1 heterocycles. The summed E-state index contributed by atoms with van der Waals surface area (Å²) in [5.74, 6) is 1.66. The quantitative estimate of drug-likeness (QED) is 0.572. The van der Waals surface area contributed by atoms with Gasteiger partial charge in [-0.1, -0.05) is 44.0 Å². The number of pyridine rings is 1. The Kier molecular flexibility index (Phi) is 7.20. The van der Waals surface area contributed by atoms with Crippen molar-refractivity contribution in [1.29, 1.82) is 0 Å². The Hall–Kier alpha value is -2.13. The minimum Gasteiger partial charge on any atom is -0.454 e. The first-order valence-corrected chi connectivity index (χ1v) is 8.95. The van der Waals surface area contributed by atoms with E-state index in [1.165, 1.54) is 5.56 Å². The molecule has 0 spiro atoms. The van der Waals surface area contributed by atoms with Crippen LogP contribution in [0.5, 0.6) is 11.5 Å². The van der Waals surface area contributed by atoms with Crippen LogP contribution in [0.1, 0.15) is 44.9 Å². The van der Waals surface area contributed by atoms with E-state index in [-0.39, 0.29) is 11.7 Å². The highest BCUT2D eigenvalue weighted by molar-refractivity contribution is 6.32. The molecule has 0 amide bonds. The average Bonchev–Trinajstić information content (AvgIpc) is 2.56. The molecule has 132 valence electrons. The van der Waals surface area contributed by atoms with Crippen LogP contribution >= 0.6 is 11.6 Å². The van der Waals surface area contributed by atoms with Crippen molar-refractivity contribution in [3.8, 4) is 11.5 Å². The summed E-state index contributed by atoms with van der Waals surface area (Å²) in [5, 5.41) is 0.605. The van der Waals surface area contributed by atoms with Gasteiger partial charge >= 0.3 is 0 Å². The number of benzene rings is 1. The van der Waals surface area contributed by atoms with Crippen LogP contribution in [-0.2, 0) is 11.2 Å². The van der Waals surface area contributed by atoms with Gasteiger partial charge in [-0.25, -0.2) is 0 Å². The first-order valence-electron chi connectivity index (χ1n) is 8.58. The van der Waals surface area contributed by atoms with Crippen LogP contribution in [0.25, 0.3) is 6.08 Å². The standard InChI is InChI=1S/C21H24ClNO2/c1-4-5-17-7-11-21(20(22)13-17)25-19-10-9-18(23-14-19)8-6-15(2)12-16(3)24/h6-11,13-15H,4-5,12H2,1-3H3/b8-6+/t15-/m0/s1. The Morgan fingerprint density at radius 3 is 2.72 bits per heavy atom. The van der Waals surface area contributed by atoms with Crippen molar-refractivity contribution in [2.75, 3.05) is 0 Å². The van der Waals surface area contributed by atoms with E-state index in [0.717, 1.165) is 18.5 Å². The maximum atomic E-state index is 11.1. The molecule has 0 unspecified atom stereocenters. The first-order chi connectivity index (χ1) is 12.0. The third-order valence-electron chi connectivity index (χ3n) is 3.73. The van der Waals surface area contributed by atoms with Gasteiger partial charge in [0.1, 0.15) is 17.3 Å². The Bertz CT molecular complexity index is 738. The lowest BCUT2D eigenvalue weighted by Crippen LogP contribution is -1.98. The number of allylic oxidation sites excluding steroid dienone is 1. The topological polar surface area (TPSA) is 39.2 Å². The van der Waals surface area contributed by atoms with Crippen LogP contribution in [0.3, 0.4) is 0 Å². The van der Waals surface area contributed by atoms with Gasteiger partial charge < -0.3 is 9.53 Å². The second-order valence-corrected chi connectivity index (χ2v) is 6.69. The van der Waals surface area contributed by atoms with E-state index in [9.17, 15) is 4.79 Å². The fourth-order valence-electron chi connectivity index (χ4n) is 2.53. The van der Waals surface area contributed by atoms with Gasteiger partial charge in [-0.3, -0.25) is 4.98 Å². The number of nitrogens with zero attached hydrogens (tertiary/aromatic N) is 1. The summed E-state index contributed by atoms with van der Waals surface area (Å²) in [5.41, 5.74) is 2.03. The van der Waals surface area contributed by atoms with Crippen LogP contribution in [0.4, 0.5) is 0 Å². The molecule has 0 aliphatic heterocycles. The Morgan fingerprint density at radius 2 is 2.12 bits per heavy atom. The number of ketones is 1. The molecule has 2 aromatic rings. The predicted molar refractivity (Wildman–Crippen MR) is 103 cm³/mol. The third-order valence-corrected chi connectivity index (χ3v) is 4.02. The number of carbonyl (C=O) groups is 1. The van der Waals surface area contributed by atoms with Gasteiger partial charge in [0.15, 0.2) is 0 Å². The summed E-state index contributed by atoms with van der Waals surface area (Å²) in [7, 11) is 0. The lowest BCUT2D eigenvalue weighted by atomic mass is 10.0. The Morgan fingerprint density at radius 1 is 1.32 bits per heavy atom. The van der Waals surface area contributed by atoms with Gasteiger partial charge in [0.2, 0.25) is 0 Å². The average molecular weight is 358 g/mol. The van der Waals surface area contributed by atoms with Gasteiger partial charge in [0.05, 0.1) is 16.9 Å². The summed E-state index contributed by atoms with van der Waals surface area (Å²) in [4.78, 5) is 15.5. The number of hydrogen-bond donors (Lipinski definition) is 0. The fourth-order valence-corrected chi connectivity index (χ4v) is 2.77. The highest BCUT2D eigenvalue weighted by Gasteiger charge is 2.05. The first kappa shape index (κ1) is 19.2. The van der Waals surface area contributed by atoms with E-state index in [1.807, 2.05) is 49.4 Å². The van der Waals surface area contributed by atoms with E-state index >= 15 is 0 Å². The zero-order chi connectivity index (χ0) is 18.2. The molecular formula is C21H24ClNO2. The zero-order valence-corrected chi connectivity index (χ0v) is 15.7. The van der Waals surface area contributed by atoms with Crippen molar-refractivity contribution in [3.63, 3.8) is 0 Å². The number of Topliss-reactive ketones (excluding diaryl/α,β-unsaturated/α-hetero) is 1. The Labute approximate surface area is 154 Å². The van der Waals surface area contributed by atoms with Crippen LogP contribution in [0.2, 0.25) is 5.02 Å². The number of rotatable bonds is 8. The third kappa shape index (κ3) is 6.35. The van der Waals surface area contributed by atoms with E-state index in [0.29, 0.717) is 22.9 Å². The van der Waals surface area contributed by atoms with Crippen molar-refractivity contribution in [2.45, 2.75) is 40.0 Å². The molecule has 2 rings (SSSR count). The lowest BCUT2D eigenvalue weighted by Gasteiger charge is -2.09. The maximum absolute atomic E-state index is 11.1. The second-order valence-electron chi connectivity index (χ2n) is 6.28. The molecule has 4 heteroatoms. The summed E-state index contributed by atoms with van der Waals surface area (Å²) in [6.07, 6.45) is 8.22. The van der Waals surface area contributed by atoms with E-state index < -0.39 is 0 Å². The van der Waals surface area contributed by atoms with Gasteiger partial charge in [-0.15, -0.1) is 0 Å². The number of aromatic nitrogens is 1. The lowest BCUT2D eigenvalue weighted by molar-refractivity contribution is -0.117. The molecule has 1 aromatic carbocycles. The smallest absolute Gasteiger partial charge is 0.146 e. The Balaban J connectivity index is 2.00. The number of halogens is 1. The van der Waals surface area contributed by atoms with Crippen molar-refractivity contribution in [1.82, 2.24) is 4.98 Å². The fraction of sp³-hybridized carbons (Fsp3) is 0.333. The normalized spacial score (nSPS) is 12.3. The van der Waals surface area contributed by atoms with Crippen LogP contribution in [0.15, 0.2) is 42.6 Å². The maximum Gasteiger partial charge on any atom is 0.146 e. The minimum atomic E-state index is 0.190. The number of carbonyl (C=O) groups excluding carboxylic acids is 1. The van der Waals surface area contributed by atoms with Gasteiger partial charge in [-0.05, 0) is 55.2 Å². The van der Waals surface area contributed by atoms with Gasteiger partial charge in [0.25, 0.3) is 0 Å². The SMILES string of the molecule is CCCc1ccc(Oc2ccc(/C=C/[C@H](C)CC(C)=O)nc2)c(Cl)c1. The van der Waals surface area contributed by atoms with Gasteiger partial charge in [-0.2, -0.15) is 0 Å². The second kappa shape index (κ2) is 9.38. The van der Waals surface area contributed by atoms with E-state index in [2.05, 4.69) is 11.9 Å². The number of ether oxygens (including phenoxy) is 1. The molecule has 0 aliphatic rings. The summed E-state index contributed by atoms with van der Waals surface area (Å²) >= 11 is 6.29. The molecule has 25 heavy (non-hydrogen) atoms. The van der Waals surface area contributed by atoms with E-state index in [4.69, 9.17) is 16.3 Å². The van der Waals surface area contributed by atoms with E-state index in [1.54, 1.807) is 13.1 Å². The summed E-state index contributed by atoms with van der Waals surface area (Å²) < 4.78 is 5.81. The highest BCUT2D eigenvalue weighted by atomic mass is 35.5. The molecule has 0 bridgehead atoms. The number of hydrogen-bond acceptors (Lipinski definition) is 3. The van der Waals surface area contributed by atoms with Crippen LogP contribution < -0.4 is 4.74 Å². The van der Waals surface area contributed by atoms with Crippen LogP contribution in [-0.4, -0.2) is 10.8 Å². The minimum absolute atomic E-state index is 0.190.